The molecule has 4 nitrogen and oxygen atoms in total. The second-order valence-electron chi connectivity index (χ2n) is 5.37. The van der Waals surface area contributed by atoms with E-state index in [1.54, 1.807) is 11.3 Å². The van der Waals surface area contributed by atoms with Gasteiger partial charge in [0.05, 0.1) is 11.9 Å². The monoisotopic (exact) mass is 292 g/mol. The molecule has 0 atom stereocenters. The largest absolute Gasteiger partial charge is 0.383 e. The maximum absolute atomic E-state index is 6.13. The molecule has 0 aromatic carbocycles. The summed E-state index contributed by atoms with van der Waals surface area (Å²) < 4.78 is 0. The molecule has 2 heterocycles. The van der Waals surface area contributed by atoms with E-state index in [2.05, 4.69) is 44.6 Å². The van der Waals surface area contributed by atoms with Gasteiger partial charge in [-0.3, -0.25) is 4.90 Å². The first-order valence-electron chi connectivity index (χ1n) is 7.20. The maximum atomic E-state index is 6.13. The molecule has 110 valence electrons. The lowest BCUT2D eigenvalue weighted by Crippen LogP contribution is -2.30. The third-order valence-electron chi connectivity index (χ3n) is 4.06. The van der Waals surface area contributed by atoms with Crippen molar-refractivity contribution >= 4 is 27.4 Å². The van der Waals surface area contributed by atoms with Gasteiger partial charge in [0.15, 0.2) is 0 Å². The highest BCUT2D eigenvalue weighted by Gasteiger charge is 2.16. The highest BCUT2D eigenvalue weighted by atomic mass is 32.1. The minimum absolute atomic E-state index is 0.572. The predicted molar refractivity (Wildman–Crippen MR) is 87.1 cm³/mol. The van der Waals surface area contributed by atoms with Gasteiger partial charge in [0.25, 0.3) is 0 Å². The molecule has 0 aliphatic carbocycles. The van der Waals surface area contributed by atoms with Gasteiger partial charge in [0.1, 0.15) is 16.5 Å². The highest BCUT2D eigenvalue weighted by Crippen LogP contribution is 2.32. The number of hydrogen-bond donors (Lipinski definition) is 1. The Labute approximate surface area is 125 Å². The van der Waals surface area contributed by atoms with E-state index in [0.717, 1.165) is 35.4 Å². The summed E-state index contributed by atoms with van der Waals surface area (Å²) in [5, 5.41) is 1.03. The molecule has 2 aromatic rings. The zero-order valence-electron chi connectivity index (χ0n) is 13.0. The Kier molecular flexibility index (Phi) is 4.60. The van der Waals surface area contributed by atoms with E-state index in [9.17, 15) is 0 Å². The van der Waals surface area contributed by atoms with E-state index in [1.165, 1.54) is 10.4 Å². The van der Waals surface area contributed by atoms with E-state index in [-0.39, 0.29) is 0 Å². The normalized spacial score (nSPS) is 11.9. The van der Waals surface area contributed by atoms with Gasteiger partial charge in [0.2, 0.25) is 0 Å². The second-order valence-corrected chi connectivity index (χ2v) is 6.58. The Balaban J connectivity index is 2.32. The Morgan fingerprint density at radius 2 is 1.85 bits per heavy atom. The van der Waals surface area contributed by atoms with Crippen LogP contribution in [-0.4, -0.2) is 28.0 Å². The number of nitrogens with zero attached hydrogens (tertiary/aromatic N) is 3. The minimum Gasteiger partial charge on any atom is -0.383 e. The lowest BCUT2D eigenvalue weighted by atomic mass is 10.1. The van der Waals surface area contributed by atoms with Crippen LogP contribution in [-0.2, 0) is 6.54 Å². The number of anilines is 1. The Morgan fingerprint density at radius 1 is 1.20 bits per heavy atom. The number of fused-ring (bicyclic) bond motifs is 1. The van der Waals surface area contributed by atoms with Gasteiger partial charge in [-0.2, -0.15) is 0 Å². The molecule has 2 aromatic heterocycles. The summed E-state index contributed by atoms with van der Waals surface area (Å²) in [6.45, 7) is 9.38. The first kappa shape index (κ1) is 15.2. The summed E-state index contributed by atoms with van der Waals surface area (Å²) in [6, 6.07) is 0.572. The molecule has 20 heavy (non-hydrogen) atoms. The molecule has 0 unspecified atom stereocenters. The predicted octanol–water partition coefficient (Wildman–Crippen LogP) is 3.51. The van der Waals surface area contributed by atoms with Crippen molar-refractivity contribution in [2.45, 2.75) is 53.1 Å². The SMILES string of the molecule is CCC(CC)N(C)Cc1nc(N)c2c(C)c(C)sc2n1. The Morgan fingerprint density at radius 3 is 2.45 bits per heavy atom. The molecule has 0 amide bonds. The smallest absolute Gasteiger partial charge is 0.146 e. The quantitative estimate of drug-likeness (QED) is 0.916. The molecule has 0 aliphatic heterocycles. The number of aromatic nitrogens is 2. The van der Waals surface area contributed by atoms with Gasteiger partial charge < -0.3 is 5.73 Å². The first-order valence-corrected chi connectivity index (χ1v) is 8.01. The molecule has 0 radical (unpaired) electrons. The fourth-order valence-corrected chi connectivity index (χ4v) is 3.72. The molecule has 0 saturated heterocycles. The van der Waals surface area contributed by atoms with Crippen molar-refractivity contribution in [2.75, 3.05) is 12.8 Å². The van der Waals surface area contributed by atoms with Crippen LogP contribution in [0.15, 0.2) is 0 Å². The van der Waals surface area contributed by atoms with Crippen LogP contribution in [0.2, 0.25) is 0 Å². The van der Waals surface area contributed by atoms with Crippen LogP contribution in [0.1, 0.15) is 43.0 Å². The fraction of sp³-hybridized carbons (Fsp3) is 0.600. The molecule has 0 saturated carbocycles. The summed E-state index contributed by atoms with van der Waals surface area (Å²) in [5.74, 6) is 1.44. The van der Waals surface area contributed by atoms with Crippen molar-refractivity contribution in [1.29, 1.82) is 0 Å². The van der Waals surface area contributed by atoms with E-state index >= 15 is 0 Å². The molecule has 2 N–H and O–H groups in total. The summed E-state index contributed by atoms with van der Waals surface area (Å²) >= 11 is 1.70. The number of hydrogen-bond acceptors (Lipinski definition) is 5. The van der Waals surface area contributed by atoms with E-state index < -0.39 is 0 Å². The molecule has 2 rings (SSSR count). The topological polar surface area (TPSA) is 55.0 Å². The van der Waals surface area contributed by atoms with Crippen LogP contribution in [0.4, 0.5) is 5.82 Å². The third-order valence-corrected chi connectivity index (χ3v) is 5.16. The van der Waals surface area contributed by atoms with Gasteiger partial charge in [-0.1, -0.05) is 13.8 Å². The number of nitrogens with two attached hydrogens (primary N) is 1. The van der Waals surface area contributed by atoms with Crippen molar-refractivity contribution in [3.63, 3.8) is 0 Å². The van der Waals surface area contributed by atoms with Crippen molar-refractivity contribution in [3.8, 4) is 0 Å². The van der Waals surface area contributed by atoms with Crippen LogP contribution in [0.3, 0.4) is 0 Å². The molecule has 5 heteroatoms. The van der Waals surface area contributed by atoms with Crippen molar-refractivity contribution in [1.82, 2.24) is 14.9 Å². The molecular formula is C15H24N4S. The summed E-state index contributed by atoms with van der Waals surface area (Å²) in [7, 11) is 2.13. The van der Waals surface area contributed by atoms with Crippen molar-refractivity contribution < 1.29 is 0 Å². The van der Waals surface area contributed by atoms with Gasteiger partial charge >= 0.3 is 0 Å². The second kappa shape index (κ2) is 6.06. The number of thiophene rings is 1. The third kappa shape index (κ3) is 2.79. The maximum Gasteiger partial charge on any atom is 0.146 e. The van der Waals surface area contributed by atoms with E-state index in [1.807, 2.05) is 0 Å². The number of aryl methyl sites for hydroxylation is 2. The van der Waals surface area contributed by atoms with Gasteiger partial charge in [-0.05, 0) is 39.3 Å². The van der Waals surface area contributed by atoms with Crippen LogP contribution in [0.25, 0.3) is 10.2 Å². The van der Waals surface area contributed by atoms with Crippen LogP contribution in [0.5, 0.6) is 0 Å². The molecule has 0 fully saturated rings. The minimum atomic E-state index is 0.572. The lowest BCUT2D eigenvalue weighted by Gasteiger charge is -2.25. The molecule has 0 aliphatic rings. The van der Waals surface area contributed by atoms with Gasteiger partial charge in [-0.25, -0.2) is 9.97 Å². The number of rotatable bonds is 5. The average Bonchev–Trinajstić information content (AvgIpc) is 2.66. The number of nitrogen functional groups attached to an aromatic ring is 1. The fourth-order valence-electron chi connectivity index (χ4n) is 2.66. The zero-order chi connectivity index (χ0) is 14.9. The lowest BCUT2D eigenvalue weighted by molar-refractivity contribution is 0.217. The van der Waals surface area contributed by atoms with Gasteiger partial charge in [0, 0.05) is 10.9 Å². The summed E-state index contributed by atoms with van der Waals surface area (Å²) in [6.07, 6.45) is 2.28. The Hall–Kier alpha value is -1.20. The van der Waals surface area contributed by atoms with Crippen LogP contribution >= 0.6 is 11.3 Å². The molecular weight excluding hydrogens is 268 g/mol. The summed E-state index contributed by atoms with van der Waals surface area (Å²) in [4.78, 5) is 13.8. The first-order chi connectivity index (χ1) is 9.47. The highest BCUT2D eigenvalue weighted by molar-refractivity contribution is 7.18. The zero-order valence-corrected chi connectivity index (χ0v) is 13.8. The standard InChI is InChI=1S/C15H24N4S/c1-6-11(7-2)19(5)8-12-17-14(16)13-9(3)10(4)20-15(13)18-12/h11H,6-8H2,1-5H3,(H2,16,17,18). The van der Waals surface area contributed by atoms with Crippen molar-refractivity contribution in [3.05, 3.63) is 16.3 Å². The van der Waals surface area contributed by atoms with Crippen molar-refractivity contribution in [2.24, 2.45) is 0 Å². The summed E-state index contributed by atoms with van der Waals surface area (Å²) in [5.41, 5.74) is 7.34. The average molecular weight is 292 g/mol. The Bertz CT molecular complexity index is 601. The van der Waals surface area contributed by atoms with Crippen LogP contribution < -0.4 is 5.73 Å². The van der Waals surface area contributed by atoms with E-state index in [4.69, 9.17) is 10.7 Å². The van der Waals surface area contributed by atoms with Gasteiger partial charge in [-0.15, -0.1) is 11.3 Å². The molecule has 0 bridgehead atoms. The molecule has 0 spiro atoms. The van der Waals surface area contributed by atoms with E-state index in [0.29, 0.717) is 11.9 Å². The van der Waals surface area contributed by atoms with Crippen LogP contribution in [0, 0.1) is 13.8 Å².